The van der Waals surface area contributed by atoms with Crippen LogP contribution in [0.25, 0.3) is 10.9 Å². The number of nitrogens with one attached hydrogen (secondary N) is 6. The third-order valence-corrected chi connectivity index (χ3v) is 14.2. The molecule has 8 amide bonds. The van der Waals surface area contributed by atoms with Gasteiger partial charge in [-0.1, -0.05) is 58.0 Å². The lowest BCUT2D eigenvalue weighted by atomic mass is 9.99. The van der Waals surface area contributed by atoms with Crippen molar-refractivity contribution in [3.63, 3.8) is 0 Å². The van der Waals surface area contributed by atoms with Crippen molar-refractivity contribution in [2.45, 2.75) is 247 Å². The van der Waals surface area contributed by atoms with E-state index < -0.39 is 155 Å². The van der Waals surface area contributed by atoms with Crippen LogP contribution in [0.5, 0.6) is 5.75 Å². The molecule has 5 rings (SSSR count). The number of carbonyl (C=O) groups excluding carboxylic acids is 10. The maximum absolute atomic E-state index is 15.5. The number of para-hydroxylation sites is 1. The number of fused-ring (bicyclic) bond motifs is 1. The van der Waals surface area contributed by atoms with Crippen molar-refractivity contribution in [3.8, 4) is 5.75 Å². The van der Waals surface area contributed by atoms with Gasteiger partial charge in [0.1, 0.15) is 76.8 Å². The SMILES string of the molecule is CC(C)C[C@H](NC(=O)[C@@H](CC(C)C)NC(=O)[C@H](Cc1ccc(OC(C)(C)C)cc1)NC(=O)[C@H](COC(C)(C)C)NC(=O)[C@H](Cc1cn(C(=O)OC(C)(C)C)c2ccccc12)NC(=O)[C@H](Cc1cn(C(=O)OC(C)(C)C)cn1)NC(=O)[C@@H]1CCC(=O)N1C(=O)OC(C)(C)C)C(=O)O. The maximum Gasteiger partial charge on any atom is 0.419 e. The summed E-state index contributed by atoms with van der Waals surface area (Å²) < 4.78 is 31.3. The van der Waals surface area contributed by atoms with Crippen molar-refractivity contribution in [3.05, 3.63) is 84.1 Å². The number of nitrogens with zero attached hydrogens (tertiary/aromatic N) is 4. The molecule has 0 aliphatic carbocycles. The summed E-state index contributed by atoms with van der Waals surface area (Å²) in [6.45, 7) is 32.2. The molecule has 2 aromatic carbocycles. The number of hydrogen-bond acceptors (Lipinski definition) is 17. The molecule has 7 N–H and O–H groups in total. The number of hydrogen-bond donors (Lipinski definition) is 7. The molecule has 528 valence electrons. The number of rotatable bonds is 26. The highest BCUT2D eigenvalue weighted by molar-refractivity contribution is 6.02. The highest BCUT2D eigenvalue weighted by atomic mass is 16.6. The second kappa shape index (κ2) is 32.2. The van der Waals surface area contributed by atoms with E-state index in [1.807, 2.05) is 34.6 Å². The van der Waals surface area contributed by atoms with Gasteiger partial charge in [0.15, 0.2) is 0 Å². The summed E-state index contributed by atoms with van der Waals surface area (Å²) in [6.07, 6.45) is -0.137. The lowest BCUT2D eigenvalue weighted by molar-refractivity contribution is -0.143. The van der Waals surface area contributed by atoms with Gasteiger partial charge in [0, 0.05) is 43.5 Å². The Balaban J connectivity index is 1.64. The number of amides is 8. The molecule has 0 saturated carbocycles. The van der Waals surface area contributed by atoms with Crippen LogP contribution in [0, 0.1) is 11.8 Å². The molecule has 0 bridgehead atoms. The largest absolute Gasteiger partial charge is 0.488 e. The molecule has 0 unspecified atom stereocenters. The minimum atomic E-state index is -1.72. The highest BCUT2D eigenvalue weighted by Crippen LogP contribution is 2.27. The van der Waals surface area contributed by atoms with Gasteiger partial charge >= 0.3 is 24.2 Å². The number of ether oxygens (including phenoxy) is 5. The summed E-state index contributed by atoms with van der Waals surface area (Å²) in [5.74, 6) is -7.39. The van der Waals surface area contributed by atoms with Crippen molar-refractivity contribution in [1.82, 2.24) is 50.9 Å². The Morgan fingerprint density at radius 1 is 0.542 bits per heavy atom. The number of carbonyl (C=O) groups is 11. The average Bonchev–Trinajstić information content (AvgIpc) is 1.62. The van der Waals surface area contributed by atoms with Crippen LogP contribution in [0.15, 0.2) is 67.3 Å². The first-order chi connectivity index (χ1) is 44.2. The number of imidazole rings is 1. The van der Waals surface area contributed by atoms with E-state index in [0.717, 1.165) is 10.9 Å². The van der Waals surface area contributed by atoms with Gasteiger partial charge in [-0.3, -0.25) is 38.1 Å². The van der Waals surface area contributed by atoms with E-state index in [4.69, 9.17) is 23.7 Å². The average molecular weight is 1340 g/mol. The number of benzene rings is 2. The highest BCUT2D eigenvalue weighted by Gasteiger charge is 2.44. The monoisotopic (exact) mass is 1340 g/mol. The minimum Gasteiger partial charge on any atom is -0.488 e. The Kier molecular flexibility index (Phi) is 26.1. The summed E-state index contributed by atoms with van der Waals surface area (Å²) in [5.41, 5.74) is -3.21. The van der Waals surface area contributed by atoms with Gasteiger partial charge < -0.3 is 60.7 Å². The van der Waals surface area contributed by atoms with Crippen LogP contribution in [-0.2, 0) is 76.6 Å². The molecule has 3 heterocycles. The molecule has 7 atom stereocenters. The Morgan fingerprint density at radius 2 is 1.02 bits per heavy atom. The van der Waals surface area contributed by atoms with E-state index in [1.165, 1.54) is 17.0 Å². The van der Waals surface area contributed by atoms with E-state index >= 15 is 14.4 Å². The predicted octanol–water partition coefficient (Wildman–Crippen LogP) is 7.44. The minimum absolute atomic E-state index is 0.0600. The molecule has 27 nitrogen and oxygen atoms in total. The van der Waals surface area contributed by atoms with E-state index in [2.05, 4.69) is 36.9 Å². The van der Waals surface area contributed by atoms with Crippen molar-refractivity contribution in [2.24, 2.45) is 11.8 Å². The van der Waals surface area contributed by atoms with Crippen LogP contribution < -0.4 is 36.6 Å². The van der Waals surface area contributed by atoms with Gasteiger partial charge in [0.05, 0.1) is 23.4 Å². The number of carboxylic acid groups (broad SMARTS) is 1. The number of imide groups is 1. The molecule has 0 radical (unpaired) electrons. The van der Waals surface area contributed by atoms with E-state index in [1.54, 1.807) is 145 Å². The van der Waals surface area contributed by atoms with Crippen LogP contribution in [0.3, 0.4) is 0 Å². The zero-order chi connectivity index (χ0) is 72.2. The molecule has 4 aromatic rings. The Labute approximate surface area is 561 Å². The number of likely N-dealkylation sites (tertiary alicyclic amines) is 1. The first kappa shape index (κ1) is 77.8. The third kappa shape index (κ3) is 24.7. The molecule has 0 spiro atoms. The normalized spacial score (nSPS) is 15.7. The molecular formula is C69H100N10O17. The second-order valence-electron chi connectivity index (χ2n) is 29.9. The van der Waals surface area contributed by atoms with E-state index in [0.29, 0.717) is 32.7 Å². The molecule has 27 heteroatoms. The number of aromatic nitrogens is 3. The first-order valence-corrected chi connectivity index (χ1v) is 32.4. The lowest BCUT2D eigenvalue weighted by Gasteiger charge is -2.30. The van der Waals surface area contributed by atoms with Crippen molar-refractivity contribution in [2.75, 3.05) is 6.61 Å². The topological polar surface area (TPSA) is 352 Å². The van der Waals surface area contributed by atoms with Crippen LogP contribution in [0.1, 0.15) is 174 Å². The van der Waals surface area contributed by atoms with Crippen LogP contribution in [0.4, 0.5) is 14.4 Å². The van der Waals surface area contributed by atoms with Gasteiger partial charge in [0.2, 0.25) is 41.4 Å². The summed E-state index contributed by atoms with van der Waals surface area (Å²) in [6, 6.07) is 2.85. The number of aliphatic carboxylic acids is 1. The summed E-state index contributed by atoms with van der Waals surface area (Å²) in [7, 11) is 0. The lowest BCUT2D eigenvalue weighted by Crippen LogP contribution is -2.61. The Hall–Kier alpha value is -8.88. The van der Waals surface area contributed by atoms with Crippen LogP contribution in [-0.4, -0.2) is 167 Å². The molecule has 1 aliphatic rings. The third-order valence-electron chi connectivity index (χ3n) is 14.2. The molecule has 96 heavy (non-hydrogen) atoms. The van der Waals surface area contributed by atoms with Crippen molar-refractivity contribution in [1.29, 1.82) is 0 Å². The predicted molar refractivity (Wildman–Crippen MR) is 355 cm³/mol. The summed E-state index contributed by atoms with van der Waals surface area (Å²) >= 11 is 0. The fourth-order valence-corrected chi connectivity index (χ4v) is 10.1. The zero-order valence-electron chi connectivity index (χ0n) is 59.0. The molecule has 1 saturated heterocycles. The second-order valence-corrected chi connectivity index (χ2v) is 29.9. The smallest absolute Gasteiger partial charge is 0.419 e. The maximum atomic E-state index is 15.5. The summed E-state index contributed by atoms with van der Waals surface area (Å²) in [4.78, 5) is 161. The van der Waals surface area contributed by atoms with Crippen molar-refractivity contribution >= 4 is 76.5 Å². The van der Waals surface area contributed by atoms with E-state index in [-0.39, 0.29) is 49.6 Å². The molecule has 1 fully saturated rings. The van der Waals surface area contributed by atoms with Gasteiger partial charge in [-0.2, -0.15) is 0 Å². The standard InChI is InChI=1S/C69H100N10O17/c1-39(2)30-46(55(81)75-50(61(87)88)31-40(3)4)71-56(82)47(32-41-24-26-44(27-25-41)93-66(8,9)10)72-59(85)51(37-92-65(5,6)7)76-57(83)48(33-42-35-78(63(90)95-68(14,15)16)52-23-21-20-22-45(42)52)73-58(84)49(34-43-36-77(38-70-43)62(89)94-67(11,12)13)74-60(86)53-28-29-54(80)79(53)64(91)96-69(17,18)19/h20-27,35-36,38-40,46-51,53H,28-34,37H2,1-19H3,(H,71,82)(H,72,85)(H,73,84)(H,74,86)(H,75,81)(H,76,83)(H,87,88)/t46-,47+,48+,49+,50+,51+,53+/m1/s1. The molecule has 1 aliphatic heterocycles. The zero-order valence-corrected chi connectivity index (χ0v) is 59.0. The first-order valence-electron chi connectivity index (χ1n) is 32.4. The molecular weight excluding hydrogens is 1240 g/mol. The van der Waals surface area contributed by atoms with Gasteiger partial charge in [0.25, 0.3) is 0 Å². The van der Waals surface area contributed by atoms with Crippen molar-refractivity contribution < 1.29 is 81.5 Å². The quantitative estimate of drug-likeness (QED) is 0.0300. The van der Waals surface area contributed by atoms with Gasteiger partial charge in [-0.25, -0.2) is 33.6 Å². The Morgan fingerprint density at radius 3 is 1.56 bits per heavy atom. The fourth-order valence-electron chi connectivity index (χ4n) is 10.1. The van der Waals surface area contributed by atoms with Crippen LogP contribution in [0.2, 0.25) is 0 Å². The van der Waals surface area contributed by atoms with E-state index in [9.17, 15) is 43.5 Å². The van der Waals surface area contributed by atoms with Crippen LogP contribution >= 0.6 is 0 Å². The Bertz CT molecular complexity index is 3450. The molecule has 2 aromatic heterocycles. The van der Waals surface area contributed by atoms with Gasteiger partial charge in [-0.05, 0) is 164 Å². The van der Waals surface area contributed by atoms with Gasteiger partial charge in [-0.15, -0.1) is 0 Å². The summed E-state index contributed by atoms with van der Waals surface area (Å²) in [5, 5.41) is 26.8. The fraction of sp³-hybridized carbons (Fsp3) is 0.594. The number of carboxylic acids is 1.